The Kier molecular flexibility index (Phi) is 2.55. The molecule has 0 unspecified atom stereocenters. The van der Waals surface area contributed by atoms with Crippen molar-refractivity contribution < 1.29 is 9.42 Å². The number of benzene rings is 1. The molecule has 1 aromatic heterocycles. The van der Waals surface area contributed by atoms with E-state index in [0.29, 0.717) is 5.69 Å². The van der Waals surface area contributed by atoms with Crippen LogP contribution in [0.25, 0.3) is 0 Å². The maximum Gasteiger partial charge on any atom is 0.281 e. The standard InChI is InChI=1S/C10H10N4O2/c1-6-2-4-7(5-3-6)12-10(15)8-9(11)14-16-13-8/h2-5H,1H3,(H2,11,14)(H,12,15). The van der Waals surface area contributed by atoms with Gasteiger partial charge in [0.15, 0.2) is 0 Å². The number of anilines is 2. The van der Waals surface area contributed by atoms with Crippen molar-refractivity contribution in [1.82, 2.24) is 10.3 Å². The molecule has 0 saturated carbocycles. The number of rotatable bonds is 2. The smallest absolute Gasteiger partial charge is 0.281 e. The van der Waals surface area contributed by atoms with E-state index in [2.05, 4.69) is 20.3 Å². The number of carbonyl (C=O) groups is 1. The van der Waals surface area contributed by atoms with E-state index < -0.39 is 5.91 Å². The van der Waals surface area contributed by atoms with Gasteiger partial charge in [0.2, 0.25) is 11.5 Å². The number of nitrogens with two attached hydrogens (primary N) is 1. The van der Waals surface area contributed by atoms with E-state index in [9.17, 15) is 4.79 Å². The maximum absolute atomic E-state index is 11.6. The first kappa shape index (κ1) is 10.2. The van der Waals surface area contributed by atoms with Gasteiger partial charge in [0.05, 0.1) is 0 Å². The summed E-state index contributed by atoms with van der Waals surface area (Å²) in [6.07, 6.45) is 0. The minimum Gasteiger partial charge on any atom is -0.379 e. The van der Waals surface area contributed by atoms with E-state index in [0.717, 1.165) is 5.56 Å². The Bertz CT molecular complexity index is 504. The number of carbonyl (C=O) groups excluding carboxylic acids is 1. The highest BCUT2D eigenvalue weighted by Crippen LogP contribution is 2.11. The van der Waals surface area contributed by atoms with Gasteiger partial charge in [-0.1, -0.05) is 17.7 Å². The lowest BCUT2D eigenvalue weighted by molar-refractivity contribution is 0.101. The summed E-state index contributed by atoms with van der Waals surface area (Å²) >= 11 is 0. The first-order valence-corrected chi connectivity index (χ1v) is 4.63. The van der Waals surface area contributed by atoms with Crippen LogP contribution in [0, 0.1) is 6.92 Å². The summed E-state index contributed by atoms with van der Waals surface area (Å²) < 4.78 is 4.34. The molecule has 6 heteroatoms. The third kappa shape index (κ3) is 2.00. The Morgan fingerprint density at radius 1 is 1.31 bits per heavy atom. The molecule has 0 aliphatic heterocycles. The lowest BCUT2D eigenvalue weighted by atomic mass is 10.2. The van der Waals surface area contributed by atoms with E-state index in [1.165, 1.54) is 0 Å². The van der Waals surface area contributed by atoms with Gasteiger partial charge < -0.3 is 11.1 Å². The summed E-state index contributed by atoms with van der Waals surface area (Å²) in [5.74, 6) is -0.466. The Labute approximate surface area is 91.4 Å². The summed E-state index contributed by atoms with van der Waals surface area (Å²) in [6.45, 7) is 1.96. The van der Waals surface area contributed by atoms with Crippen LogP contribution in [0.15, 0.2) is 28.9 Å². The van der Waals surface area contributed by atoms with Crippen molar-refractivity contribution in [3.8, 4) is 0 Å². The molecule has 0 fully saturated rings. The van der Waals surface area contributed by atoms with Crippen LogP contribution in [-0.2, 0) is 0 Å². The molecule has 0 atom stereocenters. The average Bonchev–Trinajstić information content (AvgIpc) is 2.68. The normalized spacial score (nSPS) is 10.1. The molecule has 1 heterocycles. The number of aromatic nitrogens is 2. The molecule has 0 bridgehead atoms. The van der Waals surface area contributed by atoms with Crippen molar-refractivity contribution in [2.75, 3.05) is 11.1 Å². The van der Waals surface area contributed by atoms with E-state index in [1.54, 1.807) is 12.1 Å². The summed E-state index contributed by atoms with van der Waals surface area (Å²) in [4.78, 5) is 11.6. The van der Waals surface area contributed by atoms with Crippen LogP contribution in [0.2, 0.25) is 0 Å². The lowest BCUT2D eigenvalue weighted by Gasteiger charge is -2.02. The highest BCUT2D eigenvalue weighted by Gasteiger charge is 2.15. The van der Waals surface area contributed by atoms with E-state index in [1.807, 2.05) is 19.1 Å². The molecule has 2 rings (SSSR count). The fourth-order valence-electron chi connectivity index (χ4n) is 1.18. The third-order valence-electron chi connectivity index (χ3n) is 2.04. The molecule has 0 aliphatic carbocycles. The van der Waals surface area contributed by atoms with Gasteiger partial charge in [0.25, 0.3) is 5.91 Å². The van der Waals surface area contributed by atoms with Gasteiger partial charge in [0.1, 0.15) is 0 Å². The van der Waals surface area contributed by atoms with Gasteiger partial charge in [-0.05, 0) is 29.4 Å². The number of nitrogens with zero attached hydrogens (tertiary/aromatic N) is 2. The highest BCUT2D eigenvalue weighted by molar-refractivity contribution is 6.05. The van der Waals surface area contributed by atoms with Gasteiger partial charge in [-0.15, -0.1) is 0 Å². The number of aryl methyl sites for hydroxylation is 1. The Hall–Kier alpha value is -2.37. The molecule has 1 aromatic carbocycles. The lowest BCUT2D eigenvalue weighted by Crippen LogP contribution is -2.14. The van der Waals surface area contributed by atoms with Crippen LogP contribution in [0.3, 0.4) is 0 Å². The van der Waals surface area contributed by atoms with Gasteiger partial charge in [0, 0.05) is 5.69 Å². The van der Waals surface area contributed by atoms with Crippen molar-refractivity contribution in [3.63, 3.8) is 0 Å². The van der Waals surface area contributed by atoms with Crippen LogP contribution in [0.4, 0.5) is 11.5 Å². The summed E-state index contributed by atoms with van der Waals surface area (Å²) in [5.41, 5.74) is 7.15. The predicted molar refractivity (Wildman–Crippen MR) is 57.8 cm³/mol. The molecule has 2 aromatic rings. The van der Waals surface area contributed by atoms with Gasteiger partial charge in [-0.25, -0.2) is 4.63 Å². The number of hydrogen-bond acceptors (Lipinski definition) is 5. The molecular formula is C10H10N4O2. The predicted octanol–water partition coefficient (Wildman–Crippen LogP) is 1.21. The van der Waals surface area contributed by atoms with Crippen LogP contribution in [0.5, 0.6) is 0 Å². The van der Waals surface area contributed by atoms with Crippen LogP contribution >= 0.6 is 0 Å². The summed E-state index contributed by atoms with van der Waals surface area (Å²) in [7, 11) is 0. The topological polar surface area (TPSA) is 94.0 Å². The molecule has 0 aliphatic rings. The number of nitrogen functional groups attached to an aromatic ring is 1. The summed E-state index contributed by atoms with van der Waals surface area (Å²) in [5, 5.41) is 9.36. The van der Waals surface area contributed by atoms with Crippen molar-refractivity contribution >= 4 is 17.4 Å². The van der Waals surface area contributed by atoms with Gasteiger partial charge >= 0.3 is 0 Å². The minimum atomic E-state index is -0.442. The molecule has 0 radical (unpaired) electrons. The molecule has 0 saturated heterocycles. The van der Waals surface area contributed by atoms with Gasteiger partial charge in [-0.2, -0.15) is 0 Å². The average molecular weight is 218 g/mol. The number of nitrogens with one attached hydrogen (secondary N) is 1. The second-order valence-electron chi connectivity index (χ2n) is 3.32. The molecule has 0 spiro atoms. The van der Waals surface area contributed by atoms with E-state index >= 15 is 0 Å². The summed E-state index contributed by atoms with van der Waals surface area (Å²) in [6, 6.07) is 7.36. The minimum absolute atomic E-state index is 0.0134. The SMILES string of the molecule is Cc1ccc(NC(=O)c2nonc2N)cc1. The monoisotopic (exact) mass is 218 g/mol. The number of hydrogen-bond donors (Lipinski definition) is 2. The Morgan fingerprint density at radius 3 is 2.56 bits per heavy atom. The zero-order valence-corrected chi connectivity index (χ0v) is 8.60. The molecule has 6 nitrogen and oxygen atoms in total. The second kappa shape index (κ2) is 4.01. The molecule has 1 amide bonds. The maximum atomic E-state index is 11.6. The van der Waals surface area contributed by atoms with Crippen molar-refractivity contribution in [1.29, 1.82) is 0 Å². The second-order valence-corrected chi connectivity index (χ2v) is 3.32. The largest absolute Gasteiger partial charge is 0.379 e. The highest BCUT2D eigenvalue weighted by atomic mass is 16.6. The molecule has 82 valence electrons. The van der Waals surface area contributed by atoms with Crippen molar-refractivity contribution in [2.45, 2.75) is 6.92 Å². The van der Waals surface area contributed by atoms with Crippen LogP contribution < -0.4 is 11.1 Å². The molecule has 3 N–H and O–H groups in total. The zero-order valence-electron chi connectivity index (χ0n) is 8.60. The quantitative estimate of drug-likeness (QED) is 0.790. The molecule has 16 heavy (non-hydrogen) atoms. The van der Waals surface area contributed by atoms with Crippen LogP contribution in [0.1, 0.15) is 16.1 Å². The van der Waals surface area contributed by atoms with E-state index in [-0.39, 0.29) is 11.5 Å². The molecular weight excluding hydrogens is 208 g/mol. The first-order chi connectivity index (χ1) is 7.66. The fraction of sp³-hybridized carbons (Fsp3) is 0.100. The Morgan fingerprint density at radius 2 is 2.00 bits per heavy atom. The zero-order chi connectivity index (χ0) is 11.5. The van der Waals surface area contributed by atoms with Crippen molar-refractivity contribution in [2.24, 2.45) is 0 Å². The van der Waals surface area contributed by atoms with E-state index in [4.69, 9.17) is 5.73 Å². The Balaban J connectivity index is 2.14. The van der Waals surface area contributed by atoms with Crippen LogP contribution in [-0.4, -0.2) is 16.2 Å². The van der Waals surface area contributed by atoms with Crippen molar-refractivity contribution in [3.05, 3.63) is 35.5 Å². The van der Waals surface area contributed by atoms with Gasteiger partial charge in [-0.3, -0.25) is 4.79 Å². The number of amides is 1. The third-order valence-corrected chi connectivity index (χ3v) is 2.04. The first-order valence-electron chi connectivity index (χ1n) is 4.63. The fourth-order valence-corrected chi connectivity index (χ4v) is 1.18.